The van der Waals surface area contributed by atoms with Gasteiger partial charge in [0.1, 0.15) is 0 Å². The van der Waals surface area contributed by atoms with Crippen molar-refractivity contribution in [3.8, 4) is 0 Å². The van der Waals surface area contributed by atoms with E-state index in [1.54, 1.807) is 6.20 Å². The summed E-state index contributed by atoms with van der Waals surface area (Å²) in [5.41, 5.74) is 3.22. The van der Waals surface area contributed by atoms with Gasteiger partial charge in [0.05, 0.1) is 11.2 Å². The molecule has 0 fully saturated rings. The van der Waals surface area contributed by atoms with Crippen LogP contribution in [0, 0.1) is 0 Å². The highest BCUT2D eigenvalue weighted by atomic mass is 16.2. The molecule has 0 saturated heterocycles. The third-order valence-electron chi connectivity index (χ3n) is 5.42. The molecule has 3 rings (SSSR count). The van der Waals surface area contributed by atoms with Crippen LogP contribution >= 0.6 is 0 Å². The van der Waals surface area contributed by atoms with Gasteiger partial charge in [-0.25, -0.2) is 9.97 Å². The summed E-state index contributed by atoms with van der Waals surface area (Å²) < 4.78 is 0. The number of rotatable bonds is 10. The number of carbonyl (C=O) groups is 2. The maximum absolute atomic E-state index is 11.2. The summed E-state index contributed by atoms with van der Waals surface area (Å²) in [5.74, 6) is 0.385. The fourth-order valence-electron chi connectivity index (χ4n) is 3.66. The second kappa shape index (κ2) is 11.3. The summed E-state index contributed by atoms with van der Waals surface area (Å²) in [6, 6.07) is 9.68. The number of hydrogen-bond acceptors (Lipinski definition) is 7. The Morgan fingerprint density at radius 2 is 1.91 bits per heavy atom. The minimum Gasteiger partial charge on any atom is -0.356 e. The van der Waals surface area contributed by atoms with E-state index < -0.39 is 5.54 Å². The molecule has 2 heterocycles. The van der Waals surface area contributed by atoms with Crippen LogP contribution in [-0.4, -0.2) is 41.1 Å². The average Bonchev–Trinajstić information content (AvgIpc) is 2.79. The van der Waals surface area contributed by atoms with Crippen LogP contribution in [-0.2, 0) is 21.7 Å². The van der Waals surface area contributed by atoms with Crippen molar-refractivity contribution in [2.45, 2.75) is 45.7 Å². The third kappa shape index (κ3) is 6.69. The lowest BCUT2D eigenvalue weighted by Gasteiger charge is -2.36. The lowest BCUT2D eigenvalue weighted by molar-refractivity contribution is -0.119. The predicted molar refractivity (Wildman–Crippen MR) is 129 cm³/mol. The van der Waals surface area contributed by atoms with Crippen LogP contribution in [0.2, 0.25) is 0 Å². The van der Waals surface area contributed by atoms with E-state index in [-0.39, 0.29) is 11.8 Å². The van der Waals surface area contributed by atoms with E-state index in [2.05, 4.69) is 31.2 Å². The summed E-state index contributed by atoms with van der Waals surface area (Å²) >= 11 is 0. The Morgan fingerprint density at radius 3 is 2.67 bits per heavy atom. The van der Waals surface area contributed by atoms with Crippen molar-refractivity contribution in [2.75, 3.05) is 18.4 Å². The van der Waals surface area contributed by atoms with E-state index in [1.165, 1.54) is 13.8 Å². The molecule has 1 aliphatic rings. The monoisotopic (exact) mass is 449 g/mol. The van der Waals surface area contributed by atoms with E-state index in [9.17, 15) is 9.59 Å². The van der Waals surface area contributed by atoms with Gasteiger partial charge in [-0.1, -0.05) is 12.1 Å². The molecule has 1 aromatic heterocycles. The molecule has 9 nitrogen and oxygen atoms in total. The first-order valence-electron chi connectivity index (χ1n) is 11.0. The molecule has 9 heteroatoms. The van der Waals surface area contributed by atoms with Crippen molar-refractivity contribution in [3.05, 3.63) is 59.6 Å². The first-order chi connectivity index (χ1) is 15.9. The highest BCUT2D eigenvalue weighted by molar-refractivity contribution is 5.73. The van der Waals surface area contributed by atoms with Crippen LogP contribution < -0.4 is 21.3 Å². The van der Waals surface area contributed by atoms with Gasteiger partial charge in [-0.2, -0.15) is 0 Å². The molecule has 4 N–H and O–H groups in total. The lowest BCUT2D eigenvalue weighted by atomic mass is 9.83. The molecule has 0 radical (unpaired) electrons. The van der Waals surface area contributed by atoms with E-state index in [4.69, 9.17) is 4.98 Å². The minimum atomic E-state index is -0.495. The quantitative estimate of drug-likeness (QED) is 0.414. The number of nitrogens with zero attached hydrogens (tertiary/aromatic N) is 3. The molecule has 0 aliphatic carbocycles. The zero-order valence-electron chi connectivity index (χ0n) is 19.3. The lowest BCUT2D eigenvalue weighted by Crippen LogP contribution is -2.46. The van der Waals surface area contributed by atoms with E-state index in [1.807, 2.05) is 49.7 Å². The van der Waals surface area contributed by atoms with E-state index in [0.29, 0.717) is 32.0 Å². The van der Waals surface area contributed by atoms with Crippen LogP contribution in [0.1, 0.15) is 44.9 Å². The second-order valence-corrected chi connectivity index (χ2v) is 8.02. The minimum absolute atomic E-state index is 0.0294. The zero-order valence-corrected chi connectivity index (χ0v) is 19.3. The van der Waals surface area contributed by atoms with Gasteiger partial charge in [0.25, 0.3) is 0 Å². The Bertz CT molecular complexity index is 1050. The highest BCUT2D eigenvalue weighted by Crippen LogP contribution is 2.33. The number of anilines is 2. The normalized spacial score (nSPS) is 17.2. The number of aliphatic imine (C=N–C) groups is 1. The Hall–Kier alpha value is -3.59. The molecule has 1 atom stereocenters. The Morgan fingerprint density at radius 1 is 1.09 bits per heavy atom. The van der Waals surface area contributed by atoms with Gasteiger partial charge in [0.2, 0.25) is 17.8 Å². The van der Waals surface area contributed by atoms with Crippen molar-refractivity contribution in [1.29, 1.82) is 0 Å². The summed E-state index contributed by atoms with van der Waals surface area (Å²) in [5, 5.41) is 12.5. The van der Waals surface area contributed by atoms with Crippen LogP contribution in [0.25, 0.3) is 0 Å². The molecule has 1 unspecified atom stereocenters. The van der Waals surface area contributed by atoms with Gasteiger partial charge in [0, 0.05) is 57.7 Å². The second-order valence-electron chi connectivity index (χ2n) is 8.02. The van der Waals surface area contributed by atoms with Crippen LogP contribution in [0.15, 0.2) is 53.3 Å². The summed E-state index contributed by atoms with van der Waals surface area (Å²) in [6.07, 6.45) is 6.94. The molecule has 0 saturated carbocycles. The fourth-order valence-corrected chi connectivity index (χ4v) is 3.66. The first-order valence-corrected chi connectivity index (χ1v) is 11.0. The molecule has 174 valence electrons. The number of benzene rings is 1. The van der Waals surface area contributed by atoms with E-state index >= 15 is 0 Å². The fraction of sp³-hybridized carbons (Fsp3) is 0.375. The maximum Gasteiger partial charge on any atom is 0.227 e. The van der Waals surface area contributed by atoms with Crippen molar-refractivity contribution in [2.24, 2.45) is 4.99 Å². The van der Waals surface area contributed by atoms with Gasteiger partial charge in [-0.05, 0) is 49.2 Å². The van der Waals surface area contributed by atoms with Crippen molar-refractivity contribution < 1.29 is 9.59 Å². The summed E-state index contributed by atoms with van der Waals surface area (Å²) in [4.78, 5) is 35.8. The molecule has 2 aromatic rings. The Labute approximate surface area is 194 Å². The first kappa shape index (κ1) is 24.1. The Balaban J connectivity index is 1.76. The number of aromatic nitrogens is 2. The van der Waals surface area contributed by atoms with E-state index in [0.717, 1.165) is 28.9 Å². The number of amides is 2. The number of hydrogen-bond donors (Lipinski definition) is 4. The maximum atomic E-state index is 11.2. The summed E-state index contributed by atoms with van der Waals surface area (Å²) in [7, 11) is 0. The van der Waals surface area contributed by atoms with Gasteiger partial charge >= 0.3 is 0 Å². The SMILES string of the molecule is CC(=O)NCCCNC1(c2ccnc(Nc3cccc(CNC(C)=O)c3)n2)CC=NC=C1C. The van der Waals surface area contributed by atoms with Crippen molar-refractivity contribution >= 4 is 29.7 Å². The molecule has 0 spiro atoms. The molecule has 1 aromatic carbocycles. The van der Waals surface area contributed by atoms with Gasteiger partial charge < -0.3 is 21.3 Å². The topological polar surface area (TPSA) is 120 Å². The number of nitrogens with one attached hydrogen (secondary N) is 4. The van der Waals surface area contributed by atoms with Gasteiger partial charge in [0.15, 0.2) is 0 Å². The smallest absolute Gasteiger partial charge is 0.227 e. The van der Waals surface area contributed by atoms with Gasteiger partial charge in [-0.3, -0.25) is 14.6 Å². The van der Waals surface area contributed by atoms with Crippen molar-refractivity contribution in [1.82, 2.24) is 25.9 Å². The molecule has 1 aliphatic heterocycles. The molecule has 0 bridgehead atoms. The van der Waals surface area contributed by atoms with Crippen LogP contribution in [0.4, 0.5) is 11.6 Å². The molecule has 2 amide bonds. The van der Waals surface area contributed by atoms with Crippen LogP contribution in [0.5, 0.6) is 0 Å². The summed E-state index contributed by atoms with van der Waals surface area (Å²) in [6.45, 7) is 6.83. The van der Waals surface area contributed by atoms with Gasteiger partial charge in [-0.15, -0.1) is 0 Å². The Kier molecular flexibility index (Phi) is 8.26. The largest absolute Gasteiger partial charge is 0.356 e. The van der Waals surface area contributed by atoms with Crippen LogP contribution in [0.3, 0.4) is 0 Å². The molecular weight excluding hydrogens is 418 g/mol. The zero-order chi connectivity index (χ0) is 23.7. The molecular formula is C24H31N7O2. The standard InChI is InChI=1S/C24H31N7O2/c1-17-15-25-13-9-24(17,29-11-5-10-26-18(2)32)22-8-12-27-23(31-22)30-21-7-4-6-20(14-21)16-28-19(3)33/h4,6-8,12-15,29H,5,9-11,16H2,1-3H3,(H,26,32)(H,28,33)(H,27,30,31). The third-order valence-corrected chi connectivity index (χ3v) is 5.42. The highest BCUT2D eigenvalue weighted by Gasteiger charge is 2.36. The number of carbonyl (C=O) groups excluding carboxylic acids is 2. The molecule has 33 heavy (non-hydrogen) atoms. The average molecular weight is 450 g/mol. The predicted octanol–water partition coefficient (Wildman–Crippen LogP) is 2.55. The van der Waals surface area contributed by atoms with Crippen molar-refractivity contribution in [3.63, 3.8) is 0 Å².